The number of hydrogen-bond donors (Lipinski definition) is 0. The Labute approximate surface area is 172 Å². The highest BCUT2D eigenvalue weighted by molar-refractivity contribution is 5.83. The molecule has 30 heavy (non-hydrogen) atoms. The summed E-state index contributed by atoms with van der Waals surface area (Å²) in [4.78, 5) is 26.8. The average Bonchev–Trinajstić information content (AvgIpc) is 2.79. The van der Waals surface area contributed by atoms with Gasteiger partial charge in [-0.3, -0.25) is 4.79 Å². The Morgan fingerprint density at radius 1 is 1.00 bits per heavy atom. The minimum atomic E-state index is -0.457. The van der Waals surface area contributed by atoms with Crippen LogP contribution >= 0.6 is 0 Å². The molecule has 1 aromatic heterocycles. The van der Waals surface area contributed by atoms with Gasteiger partial charge in [0.15, 0.2) is 16.9 Å². The maximum absolute atomic E-state index is 13.0. The van der Waals surface area contributed by atoms with E-state index in [9.17, 15) is 9.59 Å². The summed E-state index contributed by atoms with van der Waals surface area (Å²) in [7, 11) is 3.08. The van der Waals surface area contributed by atoms with Gasteiger partial charge in [0.05, 0.1) is 38.4 Å². The van der Waals surface area contributed by atoms with Crippen molar-refractivity contribution in [1.82, 2.24) is 4.90 Å². The van der Waals surface area contributed by atoms with Crippen LogP contribution < -0.4 is 19.6 Å². The number of benzene rings is 2. The summed E-state index contributed by atoms with van der Waals surface area (Å²) >= 11 is 0. The lowest BCUT2D eigenvalue weighted by Crippen LogP contribution is -2.42. The van der Waals surface area contributed by atoms with Gasteiger partial charge in [-0.25, -0.2) is 4.79 Å². The van der Waals surface area contributed by atoms with Gasteiger partial charge in [-0.1, -0.05) is 6.07 Å². The topological polar surface area (TPSA) is 87.4 Å². The van der Waals surface area contributed by atoms with Crippen molar-refractivity contribution in [2.24, 2.45) is 0 Å². The maximum atomic E-state index is 13.0. The number of amides is 1. The van der Waals surface area contributed by atoms with Gasteiger partial charge in [0.2, 0.25) is 0 Å². The predicted octanol–water partition coefficient (Wildman–Crippen LogP) is 3.31. The summed E-state index contributed by atoms with van der Waals surface area (Å²) in [6.45, 7) is 1.94. The number of carbonyl (C=O) groups is 1. The first-order valence-corrected chi connectivity index (χ1v) is 9.43. The molecule has 1 amide bonds. The lowest BCUT2D eigenvalue weighted by atomic mass is 10.0. The van der Waals surface area contributed by atoms with E-state index in [1.54, 1.807) is 42.3 Å². The van der Waals surface area contributed by atoms with Crippen molar-refractivity contribution < 1.29 is 28.2 Å². The summed E-state index contributed by atoms with van der Waals surface area (Å²) in [5.41, 5.74) is 1.17. The fourth-order valence-electron chi connectivity index (χ4n) is 3.29. The molecule has 8 heteroatoms. The zero-order valence-corrected chi connectivity index (χ0v) is 16.7. The minimum absolute atomic E-state index is 0.200. The molecule has 2 aromatic carbocycles. The molecule has 0 atom stereocenters. The van der Waals surface area contributed by atoms with Crippen molar-refractivity contribution in [1.29, 1.82) is 0 Å². The fourth-order valence-corrected chi connectivity index (χ4v) is 3.29. The van der Waals surface area contributed by atoms with Gasteiger partial charge in [-0.15, -0.1) is 0 Å². The van der Waals surface area contributed by atoms with Crippen LogP contribution in [0.25, 0.3) is 22.1 Å². The van der Waals surface area contributed by atoms with E-state index < -0.39 is 6.09 Å². The normalized spacial score (nSPS) is 13.9. The van der Waals surface area contributed by atoms with Crippen molar-refractivity contribution in [2.75, 3.05) is 40.5 Å². The molecular weight excluding hydrogens is 390 g/mol. The second-order valence-corrected chi connectivity index (χ2v) is 6.67. The van der Waals surface area contributed by atoms with Crippen LogP contribution in [0.2, 0.25) is 0 Å². The second-order valence-electron chi connectivity index (χ2n) is 6.67. The maximum Gasteiger partial charge on any atom is 0.415 e. The lowest BCUT2D eigenvalue weighted by Gasteiger charge is -2.25. The van der Waals surface area contributed by atoms with E-state index in [2.05, 4.69) is 0 Å². The van der Waals surface area contributed by atoms with Crippen LogP contribution in [0.1, 0.15) is 0 Å². The molecule has 0 aliphatic carbocycles. The second kappa shape index (κ2) is 8.46. The Bertz CT molecular complexity index is 1130. The molecule has 0 N–H and O–H groups in total. The third kappa shape index (κ3) is 3.81. The van der Waals surface area contributed by atoms with E-state index in [1.807, 2.05) is 0 Å². The Balaban J connectivity index is 1.63. The van der Waals surface area contributed by atoms with E-state index in [0.29, 0.717) is 65.6 Å². The largest absolute Gasteiger partial charge is 0.493 e. The van der Waals surface area contributed by atoms with Crippen LogP contribution in [0, 0.1) is 0 Å². The van der Waals surface area contributed by atoms with E-state index in [0.717, 1.165) is 0 Å². The first-order chi connectivity index (χ1) is 14.6. The first-order valence-electron chi connectivity index (χ1n) is 9.43. The summed E-state index contributed by atoms with van der Waals surface area (Å²) in [5, 5.41) is 0.383. The number of morpholine rings is 1. The molecule has 0 saturated carbocycles. The van der Waals surface area contributed by atoms with Crippen LogP contribution in [0.15, 0.2) is 51.9 Å². The Hall–Kier alpha value is -3.52. The fraction of sp³-hybridized carbons (Fsp3) is 0.273. The zero-order valence-electron chi connectivity index (χ0n) is 16.7. The molecule has 4 rings (SSSR count). The van der Waals surface area contributed by atoms with Gasteiger partial charge in [-0.05, 0) is 29.8 Å². The van der Waals surface area contributed by atoms with Gasteiger partial charge >= 0.3 is 6.09 Å². The quantitative estimate of drug-likeness (QED) is 0.651. The van der Waals surface area contributed by atoms with Crippen molar-refractivity contribution in [3.63, 3.8) is 0 Å². The van der Waals surface area contributed by atoms with Gasteiger partial charge < -0.3 is 28.3 Å². The molecule has 0 spiro atoms. The van der Waals surface area contributed by atoms with Crippen molar-refractivity contribution in [3.05, 3.63) is 52.9 Å². The molecule has 3 aromatic rings. The highest BCUT2D eigenvalue weighted by Crippen LogP contribution is 2.32. The number of carbonyl (C=O) groups excluding carboxylic acids is 1. The van der Waals surface area contributed by atoms with Crippen LogP contribution in [0.5, 0.6) is 17.2 Å². The SMILES string of the molecule is COc1ccc(-c2coc3cc(OC(=O)N4CCOCC4)ccc3c2=O)cc1OC. The first kappa shape index (κ1) is 19.8. The van der Waals surface area contributed by atoms with E-state index in [4.69, 9.17) is 23.4 Å². The summed E-state index contributed by atoms with van der Waals surface area (Å²) < 4.78 is 26.9. The number of rotatable bonds is 4. The number of hydrogen-bond acceptors (Lipinski definition) is 7. The van der Waals surface area contributed by atoms with Crippen LogP contribution in [-0.2, 0) is 4.74 Å². The molecule has 1 aliphatic rings. The summed E-state index contributed by atoms with van der Waals surface area (Å²) in [5.74, 6) is 1.39. The number of fused-ring (bicyclic) bond motifs is 1. The molecule has 2 heterocycles. The van der Waals surface area contributed by atoms with E-state index in [-0.39, 0.29) is 5.43 Å². The standard InChI is InChI=1S/C22H21NO7/c1-26-18-6-3-14(11-20(18)27-2)17-13-29-19-12-15(4-5-16(19)21(17)24)30-22(25)23-7-9-28-10-8-23/h3-6,11-13H,7-10H2,1-2H3. The molecule has 1 aliphatic heterocycles. The van der Waals surface area contributed by atoms with E-state index in [1.165, 1.54) is 19.4 Å². The highest BCUT2D eigenvalue weighted by atomic mass is 16.6. The smallest absolute Gasteiger partial charge is 0.415 e. The third-order valence-electron chi connectivity index (χ3n) is 4.92. The van der Waals surface area contributed by atoms with Crippen LogP contribution in [0.4, 0.5) is 4.79 Å². The monoisotopic (exact) mass is 411 g/mol. The summed E-state index contributed by atoms with van der Waals surface area (Å²) in [6, 6.07) is 9.91. The Kier molecular flexibility index (Phi) is 5.58. The van der Waals surface area contributed by atoms with Crippen LogP contribution in [-0.4, -0.2) is 51.5 Å². The number of ether oxygens (including phenoxy) is 4. The molecule has 1 fully saturated rings. The van der Waals surface area contributed by atoms with Gasteiger partial charge in [-0.2, -0.15) is 0 Å². The van der Waals surface area contributed by atoms with Gasteiger partial charge in [0, 0.05) is 19.2 Å². The van der Waals surface area contributed by atoms with Gasteiger partial charge in [0.1, 0.15) is 17.6 Å². The molecule has 156 valence electrons. The Morgan fingerprint density at radius 3 is 2.50 bits per heavy atom. The lowest BCUT2D eigenvalue weighted by molar-refractivity contribution is 0.0416. The molecule has 8 nitrogen and oxygen atoms in total. The predicted molar refractivity (Wildman–Crippen MR) is 109 cm³/mol. The minimum Gasteiger partial charge on any atom is -0.493 e. The highest BCUT2D eigenvalue weighted by Gasteiger charge is 2.19. The van der Waals surface area contributed by atoms with Crippen molar-refractivity contribution in [3.8, 4) is 28.4 Å². The van der Waals surface area contributed by atoms with Crippen LogP contribution in [0.3, 0.4) is 0 Å². The molecule has 0 radical (unpaired) electrons. The average molecular weight is 411 g/mol. The molecular formula is C22H21NO7. The third-order valence-corrected chi connectivity index (χ3v) is 4.92. The number of nitrogens with zero attached hydrogens (tertiary/aromatic N) is 1. The molecule has 0 unspecified atom stereocenters. The van der Waals surface area contributed by atoms with Gasteiger partial charge in [0.25, 0.3) is 0 Å². The summed E-state index contributed by atoms with van der Waals surface area (Å²) in [6.07, 6.45) is 0.932. The molecule has 1 saturated heterocycles. The van der Waals surface area contributed by atoms with E-state index >= 15 is 0 Å². The number of methoxy groups -OCH3 is 2. The van der Waals surface area contributed by atoms with Crippen molar-refractivity contribution >= 4 is 17.1 Å². The zero-order chi connectivity index (χ0) is 21.1. The Morgan fingerprint density at radius 2 is 1.77 bits per heavy atom. The molecule has 0 bridgehead atoms. The van der Waals surface area contributed by atoms with Crippen molar-refractivity contribution in [2.45, 2.75) is 0 Å².